The van der Waals surface area contributed by atoms with E-state index in [2.05, 4.69) is 176 Å². The van der Waals surface area contributed by atoms with E-state index in [4.69, 9.17) is 15.0 Å². The Hall–Kier alpha value is -8.01. The van der Waals surface area contributed by atoms with Gasteiger partial charge in [0.05, 0.1) is 5.41 Å². The van der Waals surface area contributed by atoms with E-state index in [9.17, 15) is 0 Å². The molecule has 1 aromatic heterocycles. The number of nitrogens with zero attached hydrogens (tertiary/aromatic N) is 3. The van der Waals surface area contributed by atoms with Crippen molar-refractivity contribution in [3.05, 3.63) is 259 Å². The van der Waals surface area contributed by atoms with Crippen molar-refractivity contribution in [3.63, 3.8) is 0 Å². The summed E-state index contributed by atoms with van der Waals surface area (Å²) in [4.78, 5) is 14.9. The van der Waals surface area contributed by atoms with Gasteiger partial charge in [-0.15, -0.1) is 0 Å². The van der Waals surface area contributed by atoms with Gasteiger partial charge in [0.1, 0.15) is 0 Å². The molecule has 0 unspecified atom stereocenters. The van der Waals surface area contributed by atoms with Crippen LogP contribution in [0.2, 0.25) is 0 Å². The second-order valence-electron chi connectivity index (χ2n) is 15.6. The lowest BCUT2D eigenvalue weighted by atomic mass is 9.67. The molecule has 3 heteroatoms. The molecule has 1 aliphatic carbocycles. The monoisotopic (exact) mass is 777 g/mol. The Balaban J connectivity index is 0.957. The summed E-state index contributed by atoms with van der Waals surface area (Å²) < 4.78 is 0. The number of rotatable bonds is 8. The van der Waals surface area contributed by atoms with Crippen molar-refractivity contribution in [2.24, 2.45) is 0 Å². The largest absolute Gasteiger partial charge is 0.208 e. The van der Waals surface area contributed by atoms with Gasteiger partial charge in [0.2, 0.25) is 0 Å². The zero-order chi connectivity index (χ0) is 40.6. The average molecular weight is 778 g/mol. The molecular weight excluding hydrogens is 739 g/mol. The average Bonchev–Trinajstić information content (AvgIpc) is 3.65. The number of fused-ring (bicyclic) bond motifs is 3. The molecule has 0 fully saturated rings. The zero-order valence-corrected chi connectivity index (χ0v) is 33.4. The summed E-state index contributed by atoms with van der Waals surface area (Å²) in [7, 11) is 0. The minimum absolute atomic E-state index is 0.412. The summed E-state index contributed by atoms with van der Waals surface area (Å²) in [6.45, 7) is 0. The number of benzene rings is 9. The van der Waals surface area contributed by atoms with Crippen molar-refractivity contribution in [2.45, 2.75) is 5.41 Å². The summed E-state index contributed by atoms with van der Waals surface area (Å²) in [6, 6.07) is 84.4. The Kier molecular flexibility index (Phi) is 9.05. The first-order valence-electron chi connectivity index (χ1n) is 20.8. The van der Waals surface area contributed by atoms with Crippen molar-refractivity contribution >= 4 is 0 Å². The molecular formula is C58H39N3. The van der Waals surface area contributed by atoms with Crippen LogP contribution in [0.25, 0.3) is 78.7 Å². The summed E-state index contributed by atoms with van der Waals surface area (Å²) in [5.41, 5.74) is 17.1. The smallest absolute Gasteiger partial charge is 0.164 e. The lowest BCUT2D eigenvalue weighted by Crippen LogP contribution is -2.28. The number of hydrogen-bond acceptors (Lipinski definition) is 3. The molecule has 0 spiro atoms. The predicted octanol–water partition coefficient (Wildman–Crippen LogP) is 14.2. The van der Waals surface area contributed by atoms with Crippen LogP contribution in [0.15, 0.2) is 237 Å². The van der Waals surface area contributed by atoms with E-state index in [1.54, 1.807) is 0 Å². The second-order valence-corrected chi connectivity index (χ2v) is 15.6. The number of hydrogen-bond donors (Lipinski definition) is 0. The standard InChI is InChI=1S/C58H39N3/c1-5-18-40(19-6-1)55-59-56(41-20-7-2-8-21-41)61-57(60-55)48-27-17-26-46(38-48)44-24-15-22-42(36-44)43-23-16-25-45(37-43)47-34-35-54-52(39-47)51-32-13-14-33-53(51)58(54,49-28-9-3-10-29-49)50-30-11-4-12-31-50/h1-39H. The Labute approximate surface area is 356 Å². The molecule has 0 bridgehead atoms. The molecule has 0 amide bonds. The van der Waals surface area contributed by atoms with Crippen LogP contribution < -0.4 is 0 Å². The van der Waals surface area contributed by atoms with E-state index in [1.807, 2.05) is 60.7 Å². The third-order valence-electron chi connectivity index (χ3n) is 12.0. The molecule has 1 aliphatic rings. The molecule has 0 aliphatic heterocycles. The second kappa shape index (κ2) is 15.3. The van der Waals surface area contributed by atoms with Gasteiger partial charge in [-0.05, 0) is 91.0 Å². The van der Waals surface area contributed by atoms with E-state index in [0.717, 1.165) is 38.9 Å². The van der Waals surface area contributed by atoms with Crippen LogP contribution in [0, 0.1) is 0 Å². The normalized spacial score (nSPS) is 12.4. The van der Waals surface area contributed by atoms with Gasteiger partial charge in [0, 0.05) is 16.7 Å². The molecule has 0 radical (unpaired) electrons. The van der Waals surface area contributed by atoms with E-state index < -0.39 is 5.41 Å². The quantitative estimate of drug-likeness (QED) is 0.154. The SMILES string of the molecule is c1ccc(-c2nc(-c3ccccc3)nc(-c3cccc(-c4cccc(-c5cccc(-c6ccc7c(c6)-c6ccccc6C7(c6ccccc6)c6ccccc6)c5)c4)c3)n2)cc1. The van der Waals surface area contributed by atoms with Crippen LogP contribution in [-0.2, 0) is 5.41 Å². The van der Waals surface area contributed by atoms with E-state index in [1.165, 1.54) is 44.5 Å². The Morgan fingerprint density at radius 3 is 1.07 bits per heavy atom. The van der Waals surface area contributed by atoms with Crippen LogP contribution in [0.1, 0.15) is 22.3 Å². The fraction of sp³-hybridized carbons (Fsp3) is 0.0172. The molecule has 1 heterocycles. The summed E-state index contributed by atoms with van der Waals surface area (Å²) in [5.74, 6) is 1.94. The maximum atomic E-state index is 4.99. The Morgan fingerprint density at radius 2 is 0.574 bits per heavy atom. The van der Waals surface area contributed by atoms with Gasteiger partial charge < -0.3 is 0 Å². The maximum Gasteiger partial charge on any atom is 0.164 e. The molecule has 10 aromatic rings. The van der Waals surface area contributed by atoms with Crippen molar-refractivity contribution in [3.8, 4) is 78.7 Å². The van der Waals surface area contributed by atoms with Crippen LogP contribution >= 0.6 is 0 Å². The van der Waals surface area contributed by atoms with E-state index in [-0.39, 0.29) is 0 Å². The number of aromatic nitrogens is 3. The van der Waals surface area contributed by atoms with Gasteiger partial charge in [-0.3, -0.25) is 0 Å². The molecule has 286 valence electrons. The molecule has 11 rings (SSSR count). The molecule has 0 saturated heterocycles. The van der Waals surface area contributed by atoms with Gasteiger partial charge >= 0.3 is 0 Å². The van der Waals surface area contributed by atoms with Gasteiger partial charge in [-0.2, -0.15) is 0 Å². The lowest BCUT2D eigenvalue weighted by Gasteiger charge is -2.33. The fourth-order valence-electron chi connectivity index (χ4n) is 9.16. The molecule has 0 N–H and O–H groups in total. The molecule has 3 nitrogen and oxygen atoms in total. The van der Waals surface area contributed by atoms with Crippen molar-refractivity contribution in [1.82, 2.24) is 15.0 Å². The summed E-state index contributed by atoms with van der Waals surface area (Å²) in [5, 5.41) is 0. The van der Waals surface area contributed by atoms with Gasteiger partial charge in [-0.1, -0.05) is 212 Å². The highest BCUT2D eigenvalue weighted by atomic mass is 15.0. The van der Waals surface area contributed by atoms with Crippen molar-refractivity contribution < 1.29 is 0 Å². The van der Waals surface area contributed by atoms with Gasteiger partial charge in [0.15, 0.2) is 17.5 Å². The lowest BCUT2D eigenvalue weighted by molar-refractivity contribution is 0.768. The third-order valence-corrected chi connectivity index (χ3v) is 12.0. The van der Waals surface area contributed by atoms with Crippen LogP contribution in [0.3, 0.4) is 0 Å². The summed E-state index contributed by atoms with van der Waals surface area (Å²) in [6.07, 6.45) is 0. The highest BCUT2D eigenvalue weighted by Gasteiger charge is 2.45. The first-order valence-corrected chi connectivity index (χ1v) is 20.8. The van der Waals surface area contributed by atoms with E-state index >= 15 is 0 Å². The first-order chi connectivity index (χ1) is 30.2. The van der Waals surface area contributed by atoms with Crippen LogP contribution in [-0.4, -0.2) is 15.0 Å². The predicted molar refractivity (Wildman–Crippen MR) is 250 cm³/mol. The Morgan fingerprint density at radius 1 is 0.230 bits per heavy atom. The molecule has 0 saturated carbocycles. The van der Waals surface area contributed by atoms with Crippen molar-refractivity contribution in [1.29, 1.82) is 0 Å². The summed E-state index contributed by atoms with van der Waals surface area (Å²) >= 11 is 0. The van der Waals surface area contributed by atoms with Gasteiger partial charge in [0.25, 0.3) is 0 Å². The van der Waals surface area contributed by atoms with Crippen LogP contribution in [0.4, 0.5) is 0 Å². The minimum Gasteiger partial charge on any atom is -0.208 e. The first kappa shape index (κ1) is 36.1. The highest BCUT2D eigenvalue weighted by molar-refractivity contribution is 5.89. The highest BCUT2D eigenvalue weighted by Crippen LogP contribution is 2.56. The van der Waals surface area contributed by atoms with Crippen LogP contribution in [0.5, 0.6) is 0 Å². The topological polar surface area (TPSA) is 38.7 Å². The zero-order valence-electron chi connectivity index (χ0n) is 33.4. The van der Waals surface area contributed by atoms with Gasteiger partial charge in [-0.25, -0.2) is 15.0 Å². The Bertz CT molecular complexity index is 3080. The molecule has 61 heavy (non-hydrogen) atoms. The van der Waals surface area contributed by atoms with Crippen molar-refractivity contribution in [2.75, 3.05) is 0 Å². The maximum absolute atomic E-state index is 4.99. The third kappa shape index (κ3) is 6.44. The van der Waals surface area contributed by atoms with E-state index in [0.29, 0.717) is 17.5 Å². The molecule has 0 atom stereocenters. The molecule has 9 aromatic carbocycles. The fourth-order valence-corrected chi connectivity index (χ4v) is 9.16. The minimum atomic E-state index is -0.412.